The predicted octanol–water partition coefficient (Wildman–Crippen LogP) is -1.74. The van der Waals surface area contributed by atoms with Crippen LogP contribution in [0, 0.1) is 11.8 Å². The number of hydrogen-bond acceptors (Lipinski definition) is 3. The van der Waals surface area contributed by atoms with Gasteiger partial charge < -0.3 is 27.4 Å². The smallest absolute Gasteiger partial charge is 0.305 e. The standard InChI is InChI=1S/C17H34N2O2.ClH/c1-5-6-7-8-15-14(13-17(20)21-4)9-10-16(15)18-11-12-19(2)3;/h14-16,18H,5-13H2,1-4H3;1H. The van der Waals surface area contributed by atoms with Crippen molar-refractivity contribution in [1.29, 1.82) is 0 Å². The molecule has 4 nitrogen and oxygen atoms in total. The highest BCUT2D eigenvalue weighted by Gasteiger charge is 2.36. The maximum absolute atomic E-state index is 11.6. The Balaban J connectivity index is 0.00000441. The fourth-order valence-electron chi connectivity index (χ4n) is 3.53. The Morgan fingerprint density at radius 3 is 2.59 bits per heavy atom. The van der Waals surface area contributed by atoms with E-state index >= 15 is 0 Å². The molecule has 1 aliphatic rings. The number of ether oxygens (including phenoxy) is 1. The molecule has 0 aromatic rings. The Hall–Kier alpha value is -0.320. The van der Waals surface area contributed by atoms with Gasteiger partial charge in [0, 0.05) is 19.0 Å². The SMILES string of the molecule is CCCCCC1C(CC(=O)OC)CCC1NCC[NH+](C)C.[Cl-]. The Morgan fingerprint density at radius 2 is 2.00 bits per heavy atom. The van der Waals surface area contributed by atoms with Gasteiger partial charge in [-0.2, -0.15) is 0 Å². The van der Waals surface area contributed by atoms with Crippen molar-refractivity contribution in [3.63, 3.8) is 0 Å². The van der Waals surface area contributed by atoms with Crippen LogP contribution in [0.3, 0.4) is 0 Å². The summed E-state index contributed by atoms with van der Waals surface area (Å²) in [4.78, 5) is 13.1. The average molecular weight is 335 g/mol. The number of esters is 1. The monoisotopic (exact) mass is 334 g/mol. The fourth-order valence-corrected chi connectivity index (χ4v) is 3.53. The maximum Gasteiger partial charge on any atom is 0.305 e. The van der Waals surface area contributed by atoms with E-state index < -0.39 is 0 Å². The van der Waals surface area contributed by atoms with Crippen LogP contribution in [0.4, 0.5) is 0 Å². The van der Waals surface area contributed by atoms with E-state index in [0.29, 0.717) is 24.3 Å². The number of quaternary nitrogens is 1. The van der Waals surface area contributed by atoms with E-state index in [1.807, 2.05) is 0 Å². The lowest BCUT2D eigenvalue weighted by atomic mass is 9.86. The number of halogens is 1. The van der Waals surface area contributed by atoms with Gasteiger partial charge in [0.05, 0.1) is 27.7 Å². The van der Waals surface area contributed by atoms with Gasteiger partial charge in [-0.15, -0.1) is 0 Å². The quantitative estimate of drug-likeness (QED) is 0.368. The summed E-state index contributed by atoms with van der Waals surface area (Å²) in [6.45, 7) is 4.47. The molecule has 0 aliphatic heterocycles. The number of methoxy groups -OCH3 is 1. The summed E-state index contributed by atoms with van der Waals surface area (Å²) in [5.74, 6) is 1.12. The number of carbonyl (C=O) groups is 1. The van der Waals surface area contributed by atoms with Gasteiger partial charge in [-0.25, -0.2) is 0 Å². The first kappa shape index (κ1) is 21.7. The summed E-state index contributed by atoms with van der Waals surface area (Å²) in [6, 6.07) is 0.593. The third-order valence-corrected chi connectivity index (χ3v) is 4.80. The second kappa shape index (κ2) is 12.1. The van der Waals surface area contributed by atoms with E-state index in [4.69, 9.17) is 4.74 Å². The van der Waals surface area contributed by atoms with Gasteiger partial charge in [0.25, 0.3) is 0 Å². The zero-order valence-electron chi connectivity index (χ0n) is 14.8. The Morgan fingerprint density at radius 1 is 1.27 bits per heavy atom. The molecule has 1 saturated carbocycles. The largest absolute Gasteiger partial charge is 1.00 e. The molecule has 3 atom stereocenters. The Kier molecular flexibility index (Phi) is 12.0. The lowest BCUT2D eigenvalue weighted by Crippen LogP contribution is -3.06. The van der Waals surface area contributed by atoms with E-state index in [9.17, 15) is 4.79 Å². The van der Waals surface area contributed by atoms with Gasteiger partial charge in [-0.05, 0) is 31.1 Å². The minimum atomic E-state index is -0.0427. The number of hydrogen-bond donors (Lipinski definition) is 2. The van der Waals surface area contributed by atoms with Gasteiger partial charge in [0.15, 0.2) is 0 Å². The van der Waals surface area contributed by atoms with Crippen molar-refractivity contribution in [1.82, 2.24) is 5.32 Å². The zero-order valence-corrected chi connectivity index (χ0v) is 15.5. The molecule has 5 heteroatoms. The number of unbranched alkanes of at least 4 members (excludes halogenated alkanes) is 2. The highest BCUT2D eigenvalue weighted by molar-refractivity contribution is 5.69. The van der Waals surface area contributed by atoms with Crippen LogP contribution in [-0.4, -0.2) is 46.3 Å². The molecule has 3 unspecified atom stereocenters. The van der Waals surface area contributed by atoms with E-state index in [2.05, 4.69) is 26.3 Å². The van der Waals surface area contributed by atoms with Crippen molar-refractivity contribution < 1.29 is 26.8 Å². The molecule has 1 aliphatic carbocycles. The van der Waals surface area contributed by atoms with Crippen molar-refractivity contribution in [2.75, 3.05) is 34.3 Å². The van der Waals surface area contributed by atoms with Crippen LogP contribution in [0.5, 0.6) is 0 Å². The van der Waals surface area contributed by atoms with Gasteiger partial charge >= 0.3 is 5.97 Å². The van der Waals surface area contributed by atoms with Crippen molar-refractivity contribution in [2.45, 2.75) is 57.9 Å². The summed E-state index contributed by atoms with van der Waals surface area (Å²) in [5.41, 5.74) is 0. The number of carbonyl (C=O) groups excluding carboxylic acids is 1. The minimum absolute atomic E-state index is 0. The molecular weight excluding hydrogens is 300 g/mol. The Bertz CT molecular complexity index is 300. The van der Waals surface area contributed by atoms with Crippen LogP contribution < -0.4 is 22.6 Å². The maximum atomic E-state index is 11.6. The van der Waals surface area contributed by atoms with Crippen molar-refractivity contribution in [3.8, 4) is 0 Å². The first-order valence-electron chi connectivity index (χ1n) is 8.67. The van der Waals surface area contributed by atoms with Crippen LogP contribution in [0.25, 0.3) is 0 Å². The fraction of sp³-hybridized carbons (Fsp3) is 0.941. The summed E-state index contributed by atoms with van der Waals surface area (Å²) < 4.78 is 4.87. The zero-order chi connectivity index (χ0) is 15.7. The molecule has 1 fully saturated rings. The molecule has 132 valence electrons. The number of likely N-dealkylation sites (N-methyl/N-ethyl adjacent to an activating group) is 1. The minimum Gasteiger partial charge on any atom is -1.00 e. The lowest BCUT2D eigenvalue weighted by Gasteiger charge is -2.25. The highest BCUT2D eigenvalue weighted by atomic mass is 35.5. The Labute approximate surface area is 142 Å². The topological polar surface area (TPSA) is 42.8 Å². The molecule has 22 heavy (non-hydrogen) atoms. The molecule has 0 aromatic carbocycles. The molecule has 0 heterocycles. The average Bonchev–Trinajstić information content (AvgIpc) is 2.81. The van der Waals surface area contributed by atoms with Gasteiger partial charge in [-0.1, -0.05) is 26.2 Å². The number of nitrogens with one attached hydrogen (secondary N) is 2. The van der Waals surface area contributed by atoms with Crippen LogP contribution in [0.15, 0.2) is 0 Å². The normalized spacial score (nSPS) is 24.3. The van der Waals surface area contributed by atoms with Crippen LogP contribution in [0.1, 0.15) is 51.9 Å². The van der Waals surface area contributed by atoms with Crippen molar-refractivity contribution in [2.24, 2.45) is 11.8 Å². The van der Waals surface area contributed by atoms with E-state index in [1.54, 1.807) is 0 Å². The molecule has 1 rings (SSSR count). The van der Waals surface area contributed by atoms with Gasteiger partial charge in [0.2, 0.25) is 0 Å². The molecule has 0 aromatic heterocycles. The second-order valence-electron chi connectivity index (χ2n) is 6.80. The van der Waals surface area contributed by atoms with E-state index in [0.717, 1.165) is 13.1 Å². The third-order valence-electron chi connectivity index (χ3n) is 4.80. The number of rotatable bonds is 10. The summed E-state index contributed by atoms with van der Waals surface area (Å²) in [6.07, 6.45) is 8.08. The molecule has 0 spiro atoms. The summed E-state index contributed by atoms with van der Waals surface area (Å²) >= 11 is 0. The molecule has 0 bridgehead atoms. The van der Waals surface area contributed by atoms with Crippen molar-refractivity contribution in [3.05, 3.63) is 0 Å². The summed E-state index contributed by atoms with van der Waals surface area (Å²) in [5, 5.41) is 3.74. The molecule has 2 N–H and O–H groups in total. The lowest BCUT2D eigenvalue weighted by molar-refractivity contribution is -0.857. The van der Waals surface area contributed by atoms with Gasteiger partial charge in [0.1, 0.15) is 0 Å². The first-order valence-corrected chi connectivity index (χ1v) is 8.67. The third kappa shape index (κ3) is 7.80. The molecule has 0 radical (unpaired) electrons. The highest BCUT2D eigenvalue weighted by Crippen LogP contribution is 2.38. The summed E-state index contributed by atoms with van der Waals surface area (Å²) in [7, 11) is 5.88. The van der Waals surface area contributed by atoms with Crippen molar-refractivity contribution >= 4 is 5.97 Å². The molecule has 0 saturated heterocycles. The predicted molar refractivity (Wildman–Crippen MR) is 86.5 cm³/mol. The first-order chi connectivity index (χ1) is 10.1. The van der Waals surface area contributed by atoms with Crippen LogP contribution >= 0.6 is 0 Å². The van der Waals surface area contributed by atoms with E-state index in [1.165, 1.54) is 50.5 Å². The van der Waals surface area contributed by atoms with E-state index in [-0.39, 0.29) is 18.4 Å². The molecule has 0 amide bonds. The second-order valence-corrected chi connectivity index (χ2v) is 6.80. The molecular formula is C17H35ClN2O2. The van der Waals surface area contributed by atoms with Crippen LogP contribution in [0.2, 0.25) is 0 Å². The van der Waals surface area contributed by atoms with Gasteiger partial charge in [-0.3, -0.25) is 4.79 Å². The van der Waals surface area contributed by atoms with Crippen LogP contribution in [-0.2, 0) is 9.53 Å².